The normalized spacial score (nSPS) is 10.8. The summed E-state index contributed by atoms with van der Waals surface area (Å²) in [4.78, 5) is 0. The van der Waals surface area contributed by atoms with Gasteiger partial charge in [-0.3, -0.25) is 0 Å². The molecule has 2 N–H and O–H groups in total. The lowest BCUT2D eigenvalue weighted by atomic mass is 10.1. The average molecular weight is 277 g/mol. The molecule has 0 aromatic heterocycles. The van der Waals surface area contributed by atoms with Crippen molar-refractivity contribution in [2.45, 2.75) is 19.9 Å². The Kier molecular flexibility index (Phi) is 4.69. The van der Waals surface area contributed by atoms with Gasteiger partial charge >= 0.3 is 0 Å². The van der Waals surface area contributed by atoms with Crippen LogP contribution in [0.2, 0.25) is 0 Å². The van der Waals surface area contributed by atoms with E-state index in [9.17, 15) is 8.78 Å². The van der Waals surface area contributed by atoms with Gasteiger partial charge in [-0.2, -0.15) is 0 Å². The van der Waals surface area contributed by atoms with Crippen LogP contribution < -0.4 is 5.32 Å². The Morgan fingerprint density at radius 3 is 2.40 bits per heavy atom. The van der Waals surface area contributed by atoms with Gasteiger partial charge in [-0.25, -0.2) is 8.78 Å². The number of aryl methyl sites for hydroxylation is 1. The molecule has 0 amide bonds. The molecule has 4 heteroatoms. The number of nitrogens with one attached hydrogen (secondary N) is 1. The van der Waals surface area contributed by atoms with E-state index in [0.29, 0.717) is 12.1 Å². The molecular weight excluding hydrogens is 260 g/mol. The minimum absolute atomic E-state index is 0.361. The molecule has 0 fully saturated rings. The Bertz CT molecular complexity index is 576. The molecule has 106 valence electrons. The van der Waals surface area contributed by atoms with Gasteiger partial charge in [0.1, 0.15) is 0 Å². The molecule has 2 rings (SSSR count). The molecule has 2 aromatic rings. The third kappa shape index (κ3) is 3.54. The highest BCUT2D eigenvalue weighted by Crippen LogP contribution is 2.21. The first-order chi connectivity index (χ1) is 9.58. The van der Waals surface area contributed by atoms with E-state index in [1.807, 2.05) is 12.1 Å². The van der Waals surface area contributed by atoms with Gasteiger partial charge in [0, 0.05) is 6.54 Å². The molecule has 0 heterocycles. The van der Waals surface area contributed by atoms with Crippen LogP contribution in [0.25, 0.3) is 0 Å². The number of hydrogen-bond acceptors (Lipinski definition) is 2. The van der Waals surface area contributed by atoms with Gasteiger partial charge in [-0.15, -0.1) is 0 Å². The predicted octanol–water partition coefficient (Wildman–Crippen LogP) is 3.31. The number of hydrogen-bond donors (Lipinski definition) is 2. The van der Waals surface area contributed by atoms with Crippen LogP contribution in [0.3, 0.4) is 0 Å². The summed E-state index contributed by atoms with van der Waals surface area (Å²) in [6, 6.07) is 10.4. The summed E-state index contributed by atoms with van der Waals surface area (Å²) < 4.78 is 26.3. The zero-order chi connectivity index (χ0) is 14.5. The third-order valence-corrected chi connectivity index (χ3v) is 3.24. The van der Waals surface area contributed by atoms with Crippen LogP contribution in [0.1, 0.15) is 16.7 Å². The second-order valence-electron chi connectivity index (χ2n) is 4.76. The van der Waals surface area contributed by atoms with Gasteiger partial charge in [0.25, 0.3) is 0 Å². The second-order valence-corrected chi connectivity index (χ2v) is 4.76. The van der Waals surface area contributed by atoms with Crippen LogP contribution in [-0.2, 0) is 13.0 Å². The first kappa shape index (κ1) is 14.5. The number of benzene rings is 2. The summed E-state index contributed by atoms with van der Waals surface area (Å²) in [5.74, 6) is -2.78. The quantitative estimate of drug-likeness (QED) is 0.822. The van der Waals surface area contributed by atoms with Crippen LogP contribution in [-0.4, -0.2) is 11.7 Å². The molecule has 2 aromatic carbocycles. The zero-order valence-electron chi connectivity index (χ0n) is 11.3. The van der Waals surface area contributed by atoms with Crippen molar-refractivity contribution in [3.8, 4) is 5.75 Å². The van der Waals surface area contributed by atoms with Gasteiger partial charge in [-0.05, 0) is 48.7 Å². The van der Waals surface area contributed by atoms with Crippen molar-refractivity contribution in [3.63, 3.8) is 0 Å². The van der Waals surface area contributed by atoms with Crippen molar-refractivity contribution in [1.82, 2.24) is 5.32 Å². The van der Waals surface area contributed by atoms with Crippen molar-refractivity contribution in [2.24, 2.45) is 0 Å². The maximum atomic E-state index is 13.1. The smallest absolute Gasteiger partial charge is 0.187 e. The molecule has 0 bridgehead atoms. The summed E-state index contributed by atoms with van der Waals surface area (Å²) >= 11 is 0. The molecule has 20 heavy (non-hydrogen) atoms. The summed E-state index contributed by atoms with van der Waals surface area (Å²) in [7, 11) is 0. The fourth-order valence-electron chi connectivity index (χ4n) is 2.07. The number of halogens is 2. The lowest BCUT2D eigenvalue weighted by Crippen LogP contribution is -2.17. The first-order valence-corrected chi connectivity index (χ1v) is 6.50. The van der Waals surface area contributed by atoms with Crippen LogP contribution in [0.5, 0.6) is 5.75 Å². The summed E-state index contributed by atoms with van der Waals surface area (Å²) in [5, 5.41) is 12.1. The fourth-order valence-corrected chi connectivity index (χ4v) is 2.07. The number of phenols is 1. The number of aromatic hydroxyl groups is 1. The zero-order valence-corrected chi connectivity index (χ0v) is 11.3. The molecule has 0 unspecified atom stereocenters. The van der Waals surface area contributed by atoms with Gasteiger partial charge < -0.3 is 10.4 Å². The minimum atomic E-state index is -0.930. The highest BCUT2D eigenvalue weighted by molar-refractivity contribution is 5.30. The van der Waals surface area contributed by atoms with E-state index in [1.165, 1.54) is 11.1 Å². The van der Waals surface area contributed by atoms with E-state index in [1.54, 1.807) is 0 Å². The van der Waals surface area contributed by atoms with E-state index in [4.69, 9.17) is 5.11 Å². The fraction of sp³-hybridized carbons (Fsp3) is 0.250. The van der Waals surface area contributed by atoms with Crippen LogP contribution in [0, 0.1) is 18.6 Å². The summed E-state index contributed by atoms with van der Waals surface area (Å²) in [5.41, 5.74) is 2.96. The lowest BCUT2D eigenvalue weighted by molar-refractivity contribution is 0.395. The topological polar surface area (TPSA) is 32.3 Å². The molecule has 0 saturated carbocycles. The number of phenolic OH excluding ortho intramolecular Hbond substituents is 1. The van der Waals surface area contributed by atoms with Gasteiger partial charge in [0.15, 0.2) is 17.4 Å². The SMILES string of the molecule is Cc1ccccc1CCNCc1cc(F)c(O)c(F)c1. The number of rotatable bonds is 5. The van der Waals surface area contributed by atoms with Gasteiger partial charge in [0.2, 0.25) is 0 Å². The highest BCUT2D eigenvalue weighted by atomic mass is 19.1. The van der Waals surface area contributed by atoms with Crippen LogP contribution in [0.15, 0.2) is 36.4 Å². The van der Waals surface area contributed by atoms with E-state index in [-0.39, 0.29) is 0 Å². The minimum Gasteiger partial charge on any atom is -0.503 e. The largest absolute Gasteiger partial charge is 0.503 e. The van der Waals surface area contributed by atoms with Crippen molar-refractivity contribution < 1.29 is 13.9 Å². The monoisotopic (exact) mass is 277 g/mol. The Hall–Kier alpha value is -1.94. The standard InChI is InChI=1S/C16H17F2NO/c1-11-4-2-3-5-13(11)6-7-19-10-12-8-14(17)16(20)15(18)9-12/h2-5,8-9,19-20H,6-7,10H2,1H3. The Morgan fingerprint density at radius 1 is 1.10 bits per heavy atom. The van der Waals surface area contributed by atoms with Gasteiger partial charge in [0.05, 0.1) is 0 Å². The molecule has 2 nitrogen and oxygen atoms in total. The Labute approximate surface area is 117 Å². The van der Waals surface area contributed by atoms with Crippen molar-refractivity contribution >= 4 is 0 Å². The molecule has 0 spiro atoms. The molecule has 0 saturated heterocycles. The van der Waals surface area contributed by atoms with E-state index in [2.05, 4.69) is 24.4 Å². The first-order valence-electron chi connectivity index (χ1n) is 6.50. The summed E-state index contributed by atoms with van der Waals surface area (Å²) in [6.07, 6.45) is 0.857. The highest BCUT2D eigenvalue weighted by Gasteiger charge is 2.09. The van der Waals surface area contributed by atoms with Crippen molar-refractivity contribution in [3.05, 3.63) is 64.7 Å². The average Bonchev–Trinajstić information content (AvgIpc) is 2.42. The second kappa shape index (κ2) is 6.48. The third-order valence-electron chi connectivity index (χ3n) is 3.24. The molecule has 0 atom stereocenters. The molecule has 0 radical (unpaired) electrons. The predicted molar refractivity (Wildman–Crippen MR) is 74.6 cm³/mol. The van der Waals surface area contributed by atoms with E-state index in [0.717, 1.165) is 25.1 Å². The molecule has 0 aliphatic heterocycles. The Balaban J connectivity index is 1.86. The molecule has 0 aliphatic rings. The van der Waals surface area contributed by atoms with Gasteiger partial charge in [-0.1, -0.05) is 24.3 Å². The van der Waals surface area contributed by atoms with Crippen LogP contribution >= 0.6 is 0 Å². The van der Waals surface area contributed by atoms with Crippen LogP contribution in [0.4, 0.5) is 8.78 Å². The molecule has 0 aliphatic carbocycles. The molecular formula is C16H17F2NO. The summed E-state index contributed by atoms with van der Waals surface area (Å²) in [6.45, 7) is 3.13. The lowest BCUT2D eigenvalue weighted by Gasteiger charge is -2.08. The maximum Gasteiger partial charge on any atom is 0.187 e. The Morgan fingerprint density at radius 2 is 1.75 bits per heavy atom. The van der Waals surface area contributed by atoms with Crippen molar-refractivity contribution in [2.75, 3.05) is 6.54 Å². The maximum absolute atomic E-state index is 13.1. The van der Waals surface area contributed by atoms with E-state index >= 15 is 0 Å². The van der Waals surface area contributed by atoms with Crippen molar-refractivity contribution in [1.29, 1.82) is 0 Å². The van der Waals surface area contributed by atoms with E-state index < -0.39 is 17.4 Å².